The first-order valence-corrected chi connectivity index (χ1v) is 6.83. The molecule has 102 valence electrons. The minimum Gasteiger partial charge on any atom is -0.333 e. The summed E-state index contributed by atoms with van der Waals surface area (Å²) >= 11 is 0. The van der Waals surface area contributed by atoms with Crippen LogP contribution in [0.15, 0.2) is 35.2 Å². The Bertz CT molecular complexity index is 448. The van der Waals surface area contributed by atoms with Crippen LogP contribution in [0.4, 0.5) is 0 Å². The van der Waals surface area contributed by atoms with Crippen molar-refractivity contribution in [2.45, 2.75) is 17.3 Å². The minimum absolute atomic E-state index is 0. The average Bonchev–Trinajstić information content (AvgIpc) is 2.42. The Morgan fingerprint density at radius 3 is 1.95 bits per heavy atom. The van der Waals surface area contributed by atoms with Gasteiger partial charge in [0.25, 0.3) is 5.97 Å². The summed E-state index contributed by atoms with van der Waals surface area (Å²) in [4.78, 5) is 0.224. The van der Waals surface area contributed by atoms with Crippen molar-refractivity contribution >= 4 is 9.84 Å². The Morgan fingerprint density at radius 1 is 1.05 bits per heavy atom. The molecule has 0 saturated heterocycles. The maximum absolute atomic E-state index is 12.0. The summed E-state index contributed by atoms with van der Waals surface area (Å²) < 4.78 is 39.1. The molecule has 0 fully saturated rings. The molecule has 1 aromatic carbocycles. The first-order chi connectivity index (χ1) is 8.49. The summed E-state index contributed by atoms with van der Waals surface area (Å²) in [5.74, 6) is -0.249. The van der Waals surface area contributed by atoms with Crippen molar-refractivity contribution in [3.05, 3.63) is 36.1 Å². The van der Waals surface area contributed by atoms with E-state index in [4.69, 9.17) is 14.2 Å². The van der Waals surface area contributed by atoms with E-state index in [0.717, 1.165) is 5.75 Å². The third kappa shape index (κ3) is 4.92. The zero-order chi connectivity index (χ0) is 13.6. The molecule has 1 aromatic rings. The molecule has 5 nitrogen and oxygen atoms in total. The maximum atomic E-state index is 12.0. The molecule has 0 amide bonds. The van der Waals surface area contributed by atoms with E-state index in [0.29, 0.717) is 0 Å². The van der Waals surface area contributed by atoms with E-state index in [1.54, 1.807) is 18.2 Å². The molecule has 0 bridgehead atoms. The predicted octanol–water partition coefficient (Wildman–Crippen LogP) is -1.39. The van der Waals surface area contributed by atoms with Crippen molar-refractivity contribution in [2.75, 3.05) is 21.3 Å². The van der Waals surface area contributed by atoms with E-state index in [1.807, 2.05) is 0 Å². The third-order valence-corrected chi connectivity index (χ3v) is 4.09. The van der Waals surface area contributed by atoms with Gasteiger partial charge in [-0.25, -0.2) is 0 Å². The van der Waals surface area contributed by atoms with Crippen molar-refractivity contribution in [1.82, 2.24) is 0 Å². The zero-order valence-corrected chi connectivity index (χ0v) is 12.4. The minimum atomic E-state index is -3.49. The Morgan fingerprint density at radius 2 is 1.53 bits per heavy atom. The van der Waals surface area contributed by atoms with Gasteiger partial charge in [-0.15, -0.1) is 0 Å². The monoisotopic (exact) mass is 280 g/mol. The Hall–Kier alpha value is -0.353. The summed E-state index contributed by atoms with van der Waals surface area (Å²) in [5, 5.41) is 0. The van der Waals surface area contributed by atoms with Crippen molar-refractivity contribution in [2.24, 2.45) is 0 Å². The SMILES string of the molecule is COC(C[CH-]S(=O)(=O)c1ccccc1)(OC)OC.[Li+]. The van der Waals surface area contributed by atoms with Gasteiger partial charge >= 0.3 is 18.9 Å². The number of hydrogen-bond donors (Lipinski definition) is 0. The Balaban J connectivity index is 0.00000324. The number of rotatable bonds is 7. The summed E-state index contributed by atoms with van der Waals surface area (Å²) in [6, 6.07) is 8.14. The van der Waals surface area contributed by atoms with E-state index in [9.17, 15) is 8.42 Å². The van der Waals surface area contributed by atoms with Gasteiger partial charge in [-0.3, -0.25) is 8.42 Å². The standard InChI is InChI=1S/C12H17O5S.Li/c1-15-12(16-2,17-3)9-10-18(13,14)11-7-5-4-6-8-11;/h4-8,10H,9H2,1-3H3;/q-1;+1. The Kier molecular flexibility index (Phi) is 7.90. The molecule has 0 spiro atoms. The first-order valence-electron chi connectivity index (χ1n) is 5.28. The van der Waals surface area contributed by atoms with Crippen LogP contribution in [0.1, 0.15) is 6.42 Å². The van der Waals surface area contributed by atoms with Crippen LogP contribution in [0.3, 0.4) is 0 Å². The molecule has 0 saturated carbocycles. The molecule has 0 aliphatic rings. The normalized spacial score (nSPS) is 11.9. The van der Waals surface area contributed by atoms with Gasteiger partial charge in [-0.2, -0.15) is 5.75 Å². The van der Waals surface area contributed by atoms with Crippen LogP contribution < -0.4 is 18.9 Å². The summed E-state index contributed by atoms with van der Waals surface area (Å²) in [6.45, 7) is 0. The fourth-order valence-corrected chi connectivity index (χ4v) is 2.57. The van der Waals surface area contributed by atoms with Crippen molar-refractivity contribution < 1.29 is 41.5 Å². The van der Waals surface area contributed by atoms with Crippen molar-refractivity contribution in [1.29, 1.82) is 0 Å². The van der Waals surface area contributed by atoms with E-state index in [1.165, 1.54) is 33.5 Å². The van der Waals surface area contributed by atoms with Crippen LogP contribution in [0.2, 0.25) is 0 Å². The second-order valence-electron chi connectivity index (χ2n) is 3.52. The summed E-state index contributed by atoms with van der Waals surface area (Å²) in [5.41, 5.74) is 0. The van der Waals surface area contributed by atoms with Gasteiger partial charge in [0.15, 0.2) is 0 Å². The van der Waals surface area contributed by atoms with E-state index in [2.05, 4.69) is 0 Å². The number of hydrogen-bond acceptors (Lipinski definition) is 5. The largest absolute Gasteiger partial charge is 1.00 e. The smallest absolute Gasteiger partial charge is 0.333 e. The van der Waals surface area contributed by atoms with Crippen molar-refractivity contribution in [3.63, 3.8) is 0 Å². The molecule has 7 heteroatoms. The molecule has 0 radical (unpaired) electrons. The first kappa shape index (κ1) is 18.6. The van der Waals surface area contributed by atoms with Crippen LogP contribution in [0, 0.1) is 5.75 Å². The zero-order valence-electron chi connectivity index (χ0n) is 11.6. The number of benzene rings is 1. The molecule has 0 aliphatic carbocycles. The Labute approximate surface area is 126 Å². The fourth-order valence-electron chi connectivity index (χ4n) is 1.42. The van der Waals surface area contributed by atoms with Gasteiger partial charge in [0, 0.05) is 26.2 Å². The molecule has 0 N–H and O–H groups in total. The average molecular weight is 280 g/mol. The molecule has 0 heterocycles. The molecule has 0 aliphatic heterocycles. The van der Waals surface area contributed by atoms with Crippen LogP contribution in [0.25, 0.3) is 0 Å². The van der Waals surface area contributed by atoms with Gasteiger partial charge in [-0.1, -0.05) is 24.6 Å². The topological polar surface area (TPSA) is 61.8 Å². The predicted molar refractivity (Wildman–Crippen MR) is 66.3 cm³/mol. The second-order valence-corrected chi connectivity index (χ2v) is 5.42. The van der Waals surface area contributed by atoms with E-state index < -0.39 is 15.8 Å². The van der Waals surface area contributed by atoms with Crippen LogP contribution in [-0.2, 0) is 24.0 Å². The molecule has 19 heavy (non-hydrogen) atoms. The maximum Gasteiger partial charge on any atom is 1.00 e. The molecule has 0 aromatic heterocycles. The molecule has 1 rings (SSSR count). The summed E-state index contributed by atoms with van der Waals surface area (Å²) in [6.07, 6.45) is -0.0340. The van der Waals surface area contributed by atoms with E-state index in [-0.39, 0.29) is 30.2 Å². The van der Waals surface area contributed by atoms with Crippen LogP contribution in [0.5, 0.6) is 0 Å². The quantitative estimate of drug-likeness (QED) is 0.349. The van der Waals surface area contributed by atoms with Gasteiger partial charge < -0.3 is 14.2 Å². The molecular formula is C12H17LiO5S. The fraction of sp³-hybridized carbons (Fsp3) is 0.417. The molecule has 0 atom stereocenters. The number of sulfone groups is 1. The number of ether oxygens (including phenoxy) is 3. The summed E-state index contributed by atoms with van der Waals surface area (Å²) in [7, 11) is 0.666. The van der Waals surface area contributed by atoms with Gasteiger partial charge in [-0.05, 0) is 12.1 Å². The molecular weight excluding hydrogens is 263 g/mol. The van der Waals surface area contributed by atoms with E-state index >= 15 is 0 Å². The molecule has 0 unspecified atom stereocenters. The van der Waals surface area contributed by atoms with Gasteiger partial charge in [0.2, 0.25) is 0 Å². The van der Waals surface area contributed by atoms with Crippen LogP contribution >= 0.6 is 0 Å². The van der Waals surface area contributed by atoms with Crippen LogP contribution in [-0.4, -0.2) is 35.7 Å². The van der Waals surface area contributed by atoms with Gasteiger partial charge in [0.1, 0.15) is 0 Å². The number of methoxy groups -OCH3 is 3. The third-order valence-electron chi connectivity index (χ3n) is 2.56. The van der Waals surface area contributed by atoms with Gasteiger partial charge in [0.05, 0.1) is 9.84 Å². The second kappa shape index (κ2) is 8.05. The van der Waals surface area contributed by atoms with Crippen molar-refractivity contribution in [3.8, 4) is 0 Å².